The van der Waals surface area contributed by atoms with Gasteiger partial charge in [-0.1, -0.05) is 37.1 Å². The number of benzene rings is 3. The Morgan fingerprint density at radius 2 is 1.27 bits per heavy atom. The first-order chi connectivity index (χ1) is 20.1. The Morgan fingerprint density at radius 1 is 0.585 bits per heavy atom. The average Bonchev–Trinajstić information content (AvgIpc) is 3.00. The molecule has 7 heteroatoms. The molecule has 0 saturated heterocycles. The topological polar surface area (TPSA) is 61.0 Å². The number of unbranched alkanes of at least 4 members (excludes halogenated alkanes) is 3. The maximum absolute atomic E-state index is 13.8. The van der Waals surface area contributed by atoms with Gasteiger partial charge in [0.1, 0.15) is 5.75 Å². The highest BCUT2D eigenvalue weighted by atomic mass is 19.1. The summed E-state index contributed by atoms with van der Waals surface area (Å²) in [6.07, 6.45) is 8.25. The van der Waals surface area contributed by atoms with Crippen molar-refractivity contribution >= 4 is 0 Å². The molecule has 3 aromatic carbocycles. The van der Waals surface area contributed by atoms with E-state index in [0.29, 0.717) is 5.75 Å². The Bertz CT molecular complexity index is 1190. The molecule has 3 rings (SSSR count). The van der Waals surface area contributed by atoms with Crippen LogP contribution in [0.5, 0.6) is 23.0 Å². The second kappa shape index (κ2) is 18.2. The normalized spacial score (nSPS) is 11.0. The van der Waals surface area contributed by atoms with Gasteiger partial charge in [0.25, 0.3) is 0 Å². The Labute approximate surface area is 245 Å². The summed E-state index contributed by atoms with van der Waals surface area (Å²) in [4.78, 5) is 0. The highest BCUT2D eigenvalue weighted by Gasteiger charge is 2.15. The van der Waals surface area contributed by atoms with Crippen molar-refractivity contribution in [3.05, 3.63) is 82.7 Å². The lowest BCUT2D eigenvalue weighted by Crippen LogP contribution is -2.20. The van der Waals surface area contributed by atoms with E-state index in [2.05, 4.69) is 28.8 Å². The van der Waals surface area contributed by atoms with Gasteiger partial charge >= 0.3 is 0 Å². The van der Waals surface area contributed by atoms with Crippen molar-refractivity contribution in [1.29, 1.82) is 0 Å². The molecule has 0 unspecified atom stereocenters. The first-order valence-electron chi connectivity index (χ1n) is 14.7. The molecule has 0 bridgehead atoms. The molecule has 0 fully saturated rings. The van der Waals surface area contributed by atoms with Crippen molar-refractivity contribution in [3.8, 4) is 23.0 Å². The van der Waals surface area contributed by atoms with Gasteiger partial charge in [-0.05, 0) is 112 Å². The SMILES string of the molecule is COc1cccc(CCc2c(CCNCCCCCCNCCc3ccc(OC)c(F)c3)ccc(OC)c2OC)c1. The average molecular weight is 567 g/mol. The van der Waals surface area contributed by atoms with Gasteiger partial charge in [-0.25, -0.2) is 4.39 Å². The number of halogens is 1. The maximum Gasteiger partial charge on any atom is 0.165 e. The number of hydrogen-bond donors (Lipinski definition) is 2. The molecule has 0 aliphatic heterocycles. The van der Waals surface area contributed by atoms with Crippen LogP contribution in [-0.4, -0.2) is 54.6 Å². The van der Waals surface area contributed by atoms with E-state index < -0.39 is 0 Å². The molecule has 0 heterocycles. The molecule has 0 saturated carbocycles. The van der Waals surface area contributed by atoms with Crippen LogP contribution in [-0.2, 0) is 25.7 Å². The number of ether oxygens (including phenoxy) is 4. The summed E-state index contributed by atoms with van der Waals surface area (Å²) < 4.78 is 35.5. The van der Waals surface area contributed by atoms with Crippen LogP contribution in [0.15, 0.2) is 54.6 Å². The molecule has 41 heavy (non-hydrogen) atoms. The van der Waals surface area contributed by atoms with E-state index in [4.69, 9.17) is 18.9 Å². The van der Waals surface area contributed by atoms with E-state index in [1.54, 1.807) is 33.5 Å². The van der Waals surface area contributed by atoms with Crippen molar-refractivity contribution in [2.75, 3.05) is 54.6 Å². The Hall–Kier alpha value is -3.29. The summed E-state index contributed by atoms with van der Waals surface area (Å²) >= 11 is 0. The van der Waals surface area contributed by atoms with Crippen molar-refractivity contribution in [3.63, 3.8) is 0 Å². The van der Waals surface area contributed by atoms with Crippen LogP contribution in [0.3, 0.4) is 0 Å². The maximum atomic E-state index is 13.8. The zero-order valence-corrected chi connectivity index (χ0v) is 25.2. The van der Waals surface area contributed by atoms with Gasteiger partial charge in [0.05, 0.1) is 28.4 Å². The van der Waals surface area contributed by atoms with Crippen LogP contribution in [0.4, 0.5) is 4.39 Å². The monoisotopic (exact) mass is 566 g/mol. The molecule has 2 N–H and O–H groups in total. The fourth-order valence-electron chi connectivity index (χ4n) is 5.06. The zero-order valence-electron chi connectivity index (χ0n) is 25.2. The summed E-state index contributed by atoms with van der Waals surface area (Å²) in [7, 11) is 6.58. The molecule has 0 amide bonds. The number of nitrogens with one attached hydrogen (secondary N) is 2. The van der Waals surface area contributed by atoms with E-state index in [9.17, 15) is 4.39 Å². The van der Waals surface area contributed by atoms with E-state index >= 15 is 0 Å². The van der Waals surface area contributed by atoms with E-state index in [-0.39, 0.29) is 5.82 Å². The van der Waals surface area contributed by atoms with Crippen LogP contribution in [0.2, 0.25) is 0 Å². The molecule has 6 nitrogen and oxygen atoms in total. The molecular weight excluding hydrogens is 519 g/mol. The van der Waals surface area contributed by atoms with E-state index in [1.807, 2.05) is 24.3 Å². The van der Waals surface area contributed by atoms with Gasteiger partial charge in [0.2, 0.25) is 0 Å². The van der Waals surface area contributed by atoms with Crippen molar-refractivity contribution < 1.29 is 23.3 Å². The summed E-state index contributed by atoms with van der Waals surface area (Å²) in [5, 5.41) is 7.08. The third kappa shape index (κ3) is 10.6. The molecule has 0 atom stereocenters. The molecule has 0 spiro atoms. The Balaban J connectivity index is 1.32. The Morgan fingerprint density at radius 3 is 1.93 bits per heavy atom. The minimum absolute atomic E-state index is 0.294. The smallest absolute Gasteiger partial charge is 0.165 e. The predicted octanol–water partition coefficient (Wildman–Crippen LogP) is 6.17. The van der Waals surface area contributed by atoms with Gasteiger partial charge in [0.15, 0.2) is 23.1 Å². The van der Waals surface area contributed by atoms with E-state index in [1.165, 1.54) is 43.1 Å². The first kappa shape index (κ1) is 32.2. The predicted molar refractivity (Wildman–Crippen MR) is 165 cm³/mol. The zero-order chi connectivity index (χ0) is 29.3. The molecule has 0 radical (unpaired) electrons. The van der Waals surface area contributed by atoms with Gasteiger partial charge in [0, 0.05) is 5.56 Å². The minimum Gasteiger partial charge on any atom is -0.497 e. The second-order valence-electron chi connectivity index (χ2n) is 10.2. The van der Waals surface area contributed by atoms with Crippen LogP contribution in [0.25, 0.3) is 0 Å². The first-order valence-corrected chi connectivity index (χ1v) is 14.7. The fraction of sp³-hybridized carbons (Fsp3) is 0.471. The van der Waals surface area contributed by atoms with Crippen LogP contribution in [0, 0.1) is 5.82 Å². The quantitative estimate of drug-likeness (QED) is 0.160. The van der Waals surface area contributed by atoms with Crippen LogP contribution in [0.1, 0.15) is 47.9 Å². The van der Waals surface area contributed by atoms with Crippen molar-refractivity contribution in [2.45, 2.75) is 51.4 Å². The highest BCUT2D eigenvalue weighted by molar-refractivity contribution is 5.51. The number of rotatable bonds is 20. The summed E-state index contributed by atoms with van der Waals surface area (Å²) in [6, 6.07) is 17.6. The third-order valence-electron chi connectivity index (χ3n) is 7.38. The van der Waals surface area contributed by atoms with Gasteiger partial charge in [-0.15, -0.1) is 0 Å². The third-order valence-corrected chi connectivity index (χ3v) is 7.38. The molecule has 0 aliphatic rings. The number of aryl methyl sites for hydroxylation is 1. The molecular formula is C34H47FN2O4. The summed E-state index contributed by atoms with van der Waals surface area (Å²) in [6.45, 7) is 3.78. The second-order valence-corrected chi connectivity index (χ2v) is 10.2. The molecule has 0 aromatic heterocycles. The highest BCUT2D eigenvalue weighted by Crippen LogP contribution is 2.35. The van der Waals surface area contributed by atoms with Gasteiger partial charge in [-0.2, -0.15) is 0 Å². The van der Waals surface area contributed by atoms with E-state index in [0.717, 1.165) is 81.1 Å². The molecule has 224 valence electrons. The van der Waals surface area contributed by atoms with Gasteiger partial charge < -0.3 is 29.6 Å². The lowest BCUT2D eigenvalue weighted by Gasteiger charge is -2.17. The standard InChI is InChI=1S/C34H47FN2O4/c1-38-29-11-9-10-26(24-29)12-15-30-28(14-17-33(40-3)34(30)41-4)19-23-37-21-8-6-5-7-20-36-22-18-27-13-16-32(39-2)31(35)25-27/h9-11,13-14,16-17,24-25,36-37H,5-8,12,15,18-23H2,1-4H3. The summed E-state index contributed by atoms with van der Waals surface area (Å²) in [5.74, 6) is 2.48. The van der Waals surface area contributed by atoms with Crippen molar-refractivity contribution in [2.24, 2.45) is 0 Å². The fourth-order valence-corrected chi connectivity index (χ4v) is 5.06. The Kier molecular flexibility index (Phi) is 14.3. The van der Waals surface area contributed by atoms with Gasteiger partial charge in [-0.3, -0.25) is 0 Å². The van der Waals surface area contributed by atoms with Crippen molar-refractivity contribution in [1.82, 2.24) is 10.6 Å². The molecule has 3 aromatic rings. The minimum atomic E-state index is -0.299. The summed E-state index contributed by atoms with van der Waals surface area (Å²) in [5.41, 5.74) is 4.72. The number of methoxy groups -OCH3 is 4. The van der Waals surface area contributed by atoms with Crippen LogP contribution < -0.4 is 29.6 Å². The lowest BCUT2D eigenvalue weighted by atomic mass is 9.96. The molecule has 0 aliphatic carbocycles. The lowest BCUT2D eigenvalue weighted by molar-refractivity contribution is 0.351. The number of hydrogen-bond acceptors (Lipinski definition) is 6. The largest absolute Gasteiger partial charge is 0.497 e. The van der Waals surface area contributed by atoms with Crippen LogP contribution >= 0.6 is 0 Å².